The summed E-state index contributed by atoms with van der Waals surface area (Å²) in [6.45, 7) is 13.5. The Labute approximate surface area is 302 Å². The van der Waals surface area contributed by atoms with Crippen molar-refractivity contribution in [1.29, 1.82) is 0 Å². The Morgan fingerprint density at radius 3 is 2.22 bits per heavy atom. The van der Waals surface area contributed by atoms with Gasteiger partial charge in [0.05, 0.1) is 12.2 Å². The van der Waals surface area contributed by atoms with Gasteiger partial charge in [-0.3, -0.25) is 19.0 Å². The smallest absolute Gasteiger partial charge is 0.418 e. The van der Waals surface area contributed by atoms with Crippen LogP contribution < -0.4 is 0 Å². The number of ether oxygens (including phenoxy) is 4. The molecule has 1 aromatic heterocycles. The molecule has 0 saturated carbocycles. The quantitative estimate of drug-likeness (QED) is 0.351. The summed E-state index contributed by atoms with van der Waals surface area (Å²) < 4.78 is 25.2. The van der Waals surface area contributed by atoms with E-state index in [-0.39, 0.29) is 67.9 Å². The molecule has 1 N–H and O–H groups in total. The van der Waals surface area contributed by atoms with Gasteiger partial charge < -0.3 is 29.0 Å². The number of cyclic esters (lactones) is 1. The molecule has 11 atom stereocenters. The number of aliphatic hydroxyl groups is 1. The van der Waals surface area contributed by atoms with Gasteiger partial charge in [0.1, 0.15) is 18.1 Å². The van der Waals surface area contributed by atoms with Gasteiger partial charge in [-0.2, -0.15) is 0 Å². The Balaban J connectivity index is 0.00000705. The second kappa shape index (κ2) is 16.6. The summed E-state index contributed by atoms with van der Waals surface area (Å²) in [4.78, 5) is 55.6. The van der Waals surface area contributed by atoms with E-state index in [0.717, 1.165) is 0 Å². The number of nitrogens with zero attached hydrogens (tertiary/aromatic N) is 2. The van der Waals surface area contributed by atoms with Gasteiger partial charge in [0.25, 0.3) is 0 Å². The number of carbonyl (C=O) groups is 4. The fourth-order valence-corrected chi connectivity index (χ4v) is 6.24. The van der Waals surface area contributed by atoms with Crippen LogP contribution in [0.3, 0.4) is 0 Å². The summed E-state index contributed by atoms with van der Waals surface area (Å²) in [5.41, 5.74) is -1.17. The van der Waals surface area contributed by atoms with E-state index in [1.807, 2.05) is 32.8 Å². The van der Waals surface area contributed by atoms with Gasteiger partial charge in [0.2, 0.25) is 0 Å². The van der Waals surface area contributed by atoms with Crippen LogP contribution in [0.25, 0.3) is 0 Å². The van der Waals surface area contributed by atoms with Crippen molar-refractivity contribution < 1.29 is 87.3 Å². The van der Waals surface area contributed by atoms with Gasteiger partial charge in [0.15, 0.2) is 23.5 Å². The molecule has 1 radical (unpaired) electrons. The largest absolute Gasteiger partial charge is 0.458 e. The zero-order valence-corrected chi connectivity index (χ0v) is 33.0. The van der Waals surface area contributed by atoms with Crippen LogP contribution in [0.15, 0.2) is 36.2 Å². The molecule has 249 valence electrons. The van der Waals surface area contributed by atoms with Crippen molar-refractivity contribution in [3.8, 4) is 0 Å². The fraction of sp³-hybridized carbons (Fsp3) is 0.697. The molecule has 12 heteroatoms. The second-order valence-electron chi connectivity index (χ2n) is 13.1. The Bertz CT molecular complexity index is 1220. The summed E-state index contributed by atoms with van der Waals surface area (Å²) in [6.07, 6.45) is 0.847. The van der Waals surface area contributed by atoms with Gasteiger partial charge in [-0.05, 0) is 91.3 Å². The minimum Gasteiger partial charge on any atom is -0.458 e. The van der Waals surface area contributed by atoms with Crippen LogP contribution in [0.5, 0.6) is 0 Å². The maximum Gasteiger partial charge on any atom is 0.418 e. The number of aliphatic hydroxyl groups excluding tert-OH is 1. The molecule has 1 aromatic rings. The average Bonchev–Trinajstić information content (AvgIpc) is 3.50. The van der Waals surface area contributed by atoms with E-state index in [1.165, 1.54) is 30.0 Å². The van der Waals surface area contributed by atoms with Gasteiger partial charge in [-0.25, -0.2) is 4.79 Å². The van der Waals surface area contributed by atoms with Crippen molar-refractivity contribution in [1.82, 2.24) is 9.47 Å². The minimum absolute atomic E-state index is 0. The second-order valence-corrected chi connectivity index (χ2v) is 13.1. The van der Waals surface area contributed by atoms with Crippen LogP contribution in [0.1, 0.15) is 68.2 Å². The molecule has 45 heavy (non-hydrogen) atoms. The molecular formula is C33H50AcN2O9. The predicted molar refractivity (Wildman–Crippen MR) is 163 cm³/mol. The number of rotatable bonds is 4. The Hall–Kier alpha value is -1.42. The molecule has 0 bridgehead atoms. The number of ketones is 2. The van der Waals surface area contributed by atoms with Crippen molar-refractivity contribution in [2.24, 2.45) is 23.7 Å². The normalized spacial score (nSPS) is 38.4. The van der Waals surface area contributed by atoms with Crippen LogP contribution in [0.2, 0.25) is 0 Å². The first kappa shape index (κ1) is 39.8. The van der Waals surface area contributed by atoms with Crippen molar-refractivity contribution in [2.75, 3.05) is 14.1 Å². The van der Waals surface area contributed by atoms with E-state index < -0.39 is 65.8 Å². The molecular weight excluding hydrogens is 795 g/mol. The Morgan fingerprint density at radius 1 is 1.04 bits per heavy atom. The summed E-state index contributed by atoms with van der Waals surface area (Å²) >= 11 is 0. The maximum absolute atomic E-state index is 13.8. The number of esters is 1. The molecule has 11 nitrogen and oxygen atoms in total. The first-order valence-corrected chi connectivity index (χ1v) is 15.5. The number of Topliss-reactive ketones (excluding diaryl/α,β-unsaturated/α-hetero) is 2. The predicted octanol–water partition coefficient (Wildman–Crippen LogP) is 4.01. The van der Waals surface area contributed by atoms with Crippen LogP contribution in [-0.2, 0) is 33.3 Å². The van der Waals surface area contributed by atoms with Crippen molar-refractivity contribution in [3.05, 3.63) is 36.2 Å². The third-order valence-electron chi connectivity index (χ3n) is 9.14. The Kier molecular flexibility index (Phi) is 14.7. The van der Waals surface area contributed by atoms with E-state index >= 15 is 0 Å². The minimum atomic E-state index is -1.51. The van der Waals surface area contributed by atoms with Gasteiger partial charge in [-0.1, -0.05) is 20.8 Å². The van der Waals surface area contributed by atoms with E-state index in [0.29, 0.717) is 18.4 Å². The number of aromatic nitrogens is 1. The van der Waals surface area contributed by atoms with Gasteiger partial charge in [0, 0.05) is 74.3 Å². The van der Waals surface area contributed by atoms with Crippen molar-refractivity contribution in [3.63, 3.8) is 0 Å². The molecule has 0 aliphatic carbocycles. The molecule has 5 unspecified atom stereocenters. The number of allylic oxidation sites excluding steroid dienone is 1. The SMILES string of the molecule is C/C1=C\C(C)(OC(=O)n2cccc2)[C@@H](C)OC(=O)[C@H](C)C(=O)[C@@H](C)C(OC2O[C@H](C)CC(N(C)C)C2O)[C@@H](C)C[C@@H](C)C1=O.[Ac]. The summed E-state index contributed by atoms with van der Waals surface area (Å²) in [7, 11) is 3.76. The molecule has 0 amide bonds. The molecule has 3 rings (SSSR count). The number of carbonyl (C=O) groups excluding carboxylic acids is 4. The van der Waals surface area contributed by atoms with Gasteiger partial charge in [-0.15, -0.1) is 0 Å². The number of hydrogen-bond donors (Lipinski definition) is 1. The number of likely N-dealkylation sites (N-methyl/N-ethyl adjacent to an activating group) is 1. The van der Waals surface area contributed by atoms with E-state index in [1.54, 1.807) is 46.8 Å². The summed E-state index contributed by atoms with van der Waals surface area (Å²) in [6, 6.07) is 3.12. The molecule has 1 saturated heterocycles. The summed E-state index contributed by atoms with van der Waals surface area (Å²) in [5, 5.41) is 11.1. The topological polar surface area (TPSA) is 134 Å². The average molecular weight is 846 g/mol. The van der Waals surface area contributed by atoms with Crippen LogP contribution in [0.4, 0.5) is 4.79 Å². The third kappa shape index (κ3) is 9.57. The van der Waals surface area contributed by atoms with E-state index in [9.17, 15) is 24.3 Å². The third-order valence-corrected chi connectivity index (χ3v) is 9.14. The molecule has 2 aliphatic rings. The maximum atomic E-state index is 13.8. The van der Waals surface area contributed by atoms with Crippen molar-refractivity contribution >= 4 is 23.6 Å². The zero-order valence-electron chi connectivity index (χ0n) is 28.3. The van der Waals surface area contributed by atoms with E-state index in [4.69, 9.17) is 18.9 Å². The van der Waals surface area contributed by atoms with Crippen molar-refractivity contribution in [2.45, 2.75) is 111 Å². The zero-order chi connectivity index (χ0) is 33.1. The molecule has 0 spiro atoms. The first-order chi connectivity index (χ1) is 20.5. The van der Waals surface area contributed by atoms with Crippen LogP contribution in [0, 0.1) is 67.7 Å². The molecule has 2 aliphatic heterocycles. The van der Waals surface area contributed by atoms with Crippen LogP contribution in [-0.4, -0.2) is 94.6 Å². The summed E-state index contributed by atoms with van der Waals surface area (Å²) in [5.74, 6) is -4.16. The fourth-order valence-electron chi connectivity index (χ4n) is 6.24. The van der Waals surface area contributed by atoms with Gasteiger partial charge >= 0.3 is 12.1 Å². The molecule has 1 fully saturated rings. The monoisotopic (exact) mass is 845 g/mol. The standard InChI is InChI=1S/C33H50N2O9.Ac/c1-18-15-19(2)29(43-31-28(38)25(34(9)10)16-21(4)41-31)22(5)27(37)23(6)30(39)42-24(7)33(8,17-20(3)26(18)36)44-32(40)35-13-11-12-14-35;/h11-14,17-19,21-25,28-29,31,38H,15-16H2,1-10H3;/b20-17+;/t18-,19+,21-,22-,23-,24-,25?,28?,29?,31?,33?;/m1./s1. The number of hydrogen-bond acceptors (Lipinski definition) is 10. The molecule has 0 aromatic carbocycles. The van der Waals surface area contributed by atoms with E-state index in [2.05, 4.69) is 0 Å². The Morgan fingerprint density at radius 2 is 1.64 bits per heavy atom. The first-order valence-electron chi connectivity index (χ1n) is 15.5. The van der Waals surface area contributed by atoms with Crippen LogP contribution >= 0.6 is 0 Å². The molecule has 3 heterocycles.